The normalized spacial score (nSPS) is 14.9. The molecule has 1 aromatic heterocycles. The van der Waals surface area contributed by atoms with Crippen molar-refractivity contribution in [2.45, 2.75) is 5.92 Å². The SMILES string of the molecule is [C-]#[N+]c1ccc(O)c(C(=O)NC2=NCC(F)(F)CN2)c1-c1cc(F)cnc1OC. The summed E-state index contributed by atoms with van der Waals surface area (Å²) >= 11 is 0. The van der Waals surface area contributed by atoms with Crippen LogP contribution >= 0.6 is 0 Å². The summed E-state index contributed by atoms with van der Waals surface area (Å²) in [5.74, 6) is -5.56. The third-order valence-corrected chi connectivity index (χ3v) is 4.00. The number of nitrogens with zero attached hydrogens (tertiary/aromatic N) is 3. The van der Waals surface area contributed by atoms with Gasteiger partial charge in [0.05, 0.1) is 32.0 Å². The molecule has 1 aliphatic rings. The molecule has 0 radical (unpaired) electrons. The first-order valence-corrected chi connectivity index (χ1v) is 8.16. The van der Waals surface area contributed by atoms with Crippen molar-refractivity contribution < 1.29 is 27.8 Å². The number of ether oxygens (including phenoxy) is 1. The van der Waals surface area contributed by atoms with E-state index in [1.807, 2.05) is 0 Å². The number of methoxy groups -OCH3 is 1. The quantitative estimate of drug-likeness (QED) is 0.682. The standard InChI is InChI=1S/C18H14F3N5O3/c1-22-11-3-4-12(27)14(13(11)10-5-9(19)6-23-16(10)29-2)15(28)26-17-24-7-18(20,21)8-25-17/h3-6,27H,7-8H2,2H3,(H2,24,25,26,28). The molecule has 0 saturated carbocycles. The molecule has 3 N–H and O–H groups in total. The molecule has 8 nitrogen and oxygen atoms in total. The largest absolute Gasteiger partial charge is 0.507 e. The Labute approximate surface area is 162 Å². The number of benzene rings is 1. The molecule has 0 aliphatic carbocycles. The lowest BCUT2D eigenvalue weighted by atomic mass is 9.96. The highest BCUT2D eigenvalue weighted by molar-refractivity contribution is 6.13. The number of hydrogen-bond donors (Lipinski definition) is 3. The van der Waals surface area contributed by atoms with E-state index in [1.54, 1.807) is 0 Å². The first-order valence-electron chi connectivity index (χ1n) is 8.16. The maximum Gasteiger partial charge on any atom is 0.284 e. The van der Waals surface area contributed by atoms with E-state index in [9.17, 15) is 23.1 Å². The number of aliphatic imine (C=N–C) groups is 1. The minimum Gasteiger partial charge on any atom is -0.507 e. The van der Waals surface area contributed by atoms with Gasteiger partial charge >= 0.3 is 0 Å². The molecule has 11 heteroatoms. The van der Waals surface area contributed by atoms with E-state index >= 15 is 0 Å². The predicted octanol–water partition coefficient (Wildman–Crippen LogP) is 2.48. The molecule has 3 rings (SSSR count). The molecule has 0 fully saturated rings. The van der Waals surface area contributed by atoms with Gasteiger partial charge in [-0.3, -0.25) is 10.1 Å². The highest BCUT2D eigenvalue weighted by atomic mass is 19.3. The fraction of sp³-hybridized carbons (Fsp3) is 0.222. The molecular formula is C18H14F3N5O3. The van der Waals surface area contributed by atoms with E-state index in [2.05, 4.69) is 25.5 Å². The molecule has 0 bridgehead atoms. The second-order valence-electron chi connectivity index (χ2n) is 6.00. The zero-order valence-corrected chi connectivity index (χ0v) is 15.0. The van der Waals surface area contributed by atoms with Crippen molar-refractivity contribution >= 4 is 17.6 Å². The maximum atomic E-state index is 13.8. The summed E-state index contributed by atoms with van der Waals surface area (Å²) in [7, 11) is 1.27. The molecule has 1 amide bonds. The first-order chi connectivity index (χ1) is 13.8. The summed E-state index contributed by atoms with van der Waals surface area (Å²) in [5, 5.41) is 14.8. The third kappa shape index (κ3) is 4.06. The van der Waals surface area contributed by atoms with E-state index in [-0.39, 0.29) is 34.2 Å². The number of pyridine rings is 1. The molecule has 1 aromatic carbocycles. The van der Waals surface area contributed by atoms with Crippen LogP contribution in [0.15, 0.2) is 29.4 Å². The van der Waals surface area contributed by atoms with Crippen molar-refractivity contribution in [3.63, 3.8) is 0 Å². The maximum absolute atomic E-state index is 13.8. The summed E-state index contributed by atoms with van der Waals surface area (Å²) in [4.78, 5) is 23.4. The zero-order chi connectivity index (χ0) is 21.2. The average Bonchev–Trinajstić information content (AvgIpc) is 2.69. The molecule has 2 aromatic rings. The van der Waals surface area contributed by atoms with E-state index in [0.717, 1.165) is 18.3 Å². The summed E-state index contributed by atoms with van der Waals surface area (Å²) < 4.78 is 45.3. The Kier molecular flexibility index (Phi) is 5.27. The fourth-order valence-electron chi connectivity index (χ4n) is 2.72. The molecule has 0 spiro atoms. The van der Waals surface area contributed by atoms with Gasteiger partial charge in [-0.2, -0.15) is 0 Å². The van der Waals surface area contributed by atoms with Crippen molar-refractivity contribution in [1.29, 1.82) is 0 Å². The summed E-state index contributed by atoms with van der Waals surface area (Å²) in [6, 6.07) is 3.37. The van der Waals surface area contributed by atoms with E-state index in [4.69, 9.17) is 11.3 Å². The van der Waals surface area contributed by atoms with Crippen LogP contribution in [0.2, 0.25) is 0 Å². The van der Waals surface area contributed by atoms with Crippen LogP contribution in [0.4, 0.5) is 18.9 Å². The number of hydrogen-bond acceptors (Lipinski definition) is 6. The molecule has 29 heavy (non-hydrogen) atoms. The van der Waals surface area contributed by atoms with Crippen LogP contribution < -0.4 is 15.4 Å². The average molecular weight is 405 g/mol. The van der Waals surface area contributed by atoms with Gasteiger partial charge in [-0.15, -0.1) is 0 Å². The second kappa shape index (κ2) is 7.67. The van der Waals surface area contributed by atoms with E-state index in [1.165, 1.54) is 13.2 Å². The highest BCUT2D eigenvalue weighted by Crippen LogP contribution is 2.42. The van der Waals surface area contributed by atoms with Gasteiger partial charge < -0.3 is 15.2 Å². The number of aromatic nitrogens is 1. The summed E-state index contributed by atoms with van der Waals surface area (Å²) in [5.41, 5.74) is -0.623. The van der Waals surface area contributed by atoms with Crippen LogP contribution in [0.1, 0.15) is 10.4 Å². The van der Waals surface area contributed by atoms with Gasteiger partial charge in [0.1, 0.15) is 18.1 Å². The lowest BCUT2D eigenvalue weighted by Gasteiger charge is -2.23. The van der Waals surface area contributed by atoms with Crippen molar-refractivity contribution in [1.82, 2.24) is 15.6 Å². The van der Waals surface area contributed by atoms with E-state index < -0.39 is 36.5 Å². The van der Waals surface area contributed by atoms with Crippen molar-refractivity contribution in [2.24, 2.45) is 4.99 Å². The van der Waals surface area contributed by atoms with Crippen molar-refractivity contribution in [2.75, 3.05) is 20.2 Å². The Hall–Kier alpha value is -3.81. The lowest BCUT2D eigenvalue weighted by Crippen LogP contribution is -2.50. The molecule has 0 saturated heterocycles. The fourth-order valence-corrected chi connectivity index (χ4v) is 2.72. The minimum atomic E-state index is -3.05. The Balaban J connectivity index is 2.11. The Morgan fingerprint density at radius 3 is 2.83 bits per heavy atom. The number of carbonyl (C=O) groups excluding carboxylic acids is 1. The highest BCUT2D eigenvalue weighted by Gasteiger charge is 2.33. The number of carbonyl (C=O) groups is 1. The second-order valence-corrected chi connectivity index (χ2v) is 6.00. The first kappa shape index (κ1) is 19.9. The number of alkyl halides is 2. The molecule has 0 atom stereocenters. The number of phenols is 1. The molecular weight excluding hydrogens is 391 g/mol. The predicted molar refractivity (Wildman–Crippen MR) is 96.8 cm³/mol. The van der Waals surface area contributed by atoms with Gasteiger partial charge in [0.25, 0.3) is 11.8 Å². The summed E-state index contributed by atoms with van der Waals surface area (Å²) in [6.07, 6.45) is 0.892. The number of amides is 1. The van der Waals surface area contributed by atoms with Crippen molar-refractivity contribution in [3.05, 3.63) is 47.2 Å². The number of aromatic hydroxyl groups is 1. The molecule has 1 aliphatic heterocycles. The van der Waals surface area contributed by atoms with Crippen LogP contribution in [-0.2, 0) is 0 Å². The van der Waals surface area contributed by atoms with Gasteiger partial charge in [0.15, 0.2) is 11.6 Å². The zero-order valence-electron chi connectivity index (χ0n) is 15.0. The molecule has 0 unspecified atom stereocenters. The number of phenolic OH excluding ortho intramolecular Hbond substituents is 1. The van der Waals surface area contributed by atoms with Crippen LogP contribution in [0.5, 0.6) is 11.6 Å². The van der Waals surface area contributed by atoms with Gasteiger partial charge in [-0.1, -0.05) is 6.07 Å². The Bertz CT molecular complexity index is 1050. The minimum absolute atomic E-state index is 0.0374. The topological polar surface area (TPSA) is 100 Å². The number of halogens is 3. The van der Waals surface area contributed by atoms with Gasteiger partial charge in [0, 0.05) is 11.1 Å². The summed E-state index contributed by atoms with van der Waals surface area (Å²) in [6.45, 7) is 5.81. The smallest absolute Gasteiger partial charge is 0.284 e. The van der Waals surface area contributed by atoms with Crippen LogP contribution in [-0.4, -0.2) is 48.1 Å². The van der Waals surface area contributed by atoms with Gasteiger partial charge in [0.2, 0.25) is 5.88 Å². The van der Waals surface area contributed by atoms with Gasteiger partial charge in [-0.25, -0.2) is 28.0 Å². The van der Waals surface area contributed by atoms with Crippen LogP contribution in [0, 0.1) is 12.4 Å². The van der Waals surface area contributed by atoms with Crippen LogP contribution in [0.25, 0.3) is 16.0 Å². The monoisotopic (exact) mass is 405 g/mol. The van der Waals surface area contributed by atoms with Crippen LogP contribution in [0.3, 0.4) is 0 Å². The number of nitrogens with one attached hydrogen (secondary N) is 2. The Morgan fingerprint density at radius 1 is 1.45 bits per heavy atom. The Morgan fingerprint density at radius 2 is 2.21 bits per heavy atom. The number of guanidine groups is 1. The van der Waals surface area contributed by atoms with E-state index in [0.29, 0.717) is 0 Å². The van der Waals surface area contributed by atoms with Crippen molar-refractivity contribution in [3.8, 4) is 22.8 Å². The number of rotatable bonds is 3. The molecule has 150 valence electrons. The van der Waals surface area contributed by atoms with Gasteiger partial charge in [-0.05, 0) is 12.1 Å². The third-order valence-electron chi connectivity index (χ3n) is 4.00. The lowest BCUT2D eigenvalue weighted by molar-refractivity contribution is 0.0120. The molecule has 2 heterocycles.